The number of amides is 1. The highest BCUT2D eigenvalue weighted by atomic mass is 32.2. The molecule has 3 rings (SSSR count). The maximum Gasteiger partial charge on any atom is 0.416 e. The van der Waals surface area contributed by atoms with E-state index in [0.29, 0.717) is 27.8 Å². The maximum atomic E-state index is 13.0. The first kappa shape index (κ1) is 24.2. The van der Waals surface area contributed by atoms with Gasteiger partial charge in [0.2, 0.25) is 5.91 Å². The molecule has 3 aromatic rings. The average Bonchev–Trinajstić information content (AvgIpc) is 2.82. The summed E-state index contributed by atoms with van der Waals surface area (Å²) in [5, 5.41) is 11.2. The van der Waals surface area contributed by atoms with Gasteiger partial charge < -0.3 is 19.5 Å². The number of thioether (sulfide) groups is 1. The van der Waals surface area contributed by atoms with Crippen LogP contribution < -0.4 is 19.5 Å². The molecule has 2 aromatic carbocycles. The Kier molecular flexibility index (Phi) is 7.64. The SMILES string of the molecule is COc1ccc(OC)c(-c2ccc(SCC(=O)Nc3cc(C(F)(F)F)ccc3OC)nn2)c1. The van der Waals surface area contributed by atoms with E-state index in [9.17, 15) is 18.0 Å². The molecule has 0 bridgehead atoms. The summed E-state index contributed by atoms with van der Waals surface area (Å²) in [7, 11) is 4.40. The van der Waals surface area contributed by atoms with Crippen molar-refractivity contribution in [1.82, 2.24) is 10.2 Å². The lowest BCUT2D eigenvalue weighted by atomic mass is 10.1. The summed E-state index contributed by atoms with van der Waals surface area (Å²) in [5.74, 6) is 0.749. The van der Waals surface area contributed by atoms with Gasteiger partial charge in [-0.05, 0) is 48.5 Å². The average molecular weight is 479 g/mol. The highest BCUT2D eigenvalue weighted by Gasteiger charge is 2.31. The van der Waals surface area contributed by atoms with Crippen LogP contribution in [0.2, 0.25) is 0 Å². The molecule has 0 atom stereocenters. The van der Waals surface area contributed by atoms with Crippen molar-refractivity contribution >= 4 is 23.4 Å². The Hall–Kier alpha value is -3.47. The van der Waals surface area contributed by atoms with Crippen molar-refractivity contribution in [2.75, 3.05) is 32.4 Å². The molecule has 11 heteroatoms. The van der Waals surface area contributed by atoms with E-state index < -0.39 is 17.6 Å². The summed E-state index contributed by atoms with van der Waals surface area (Å²) in [4.78, 5) is 12.3. The Bertz CT molecular complexity index is 1120. The number of aromatic nitrogens is 2. The standard InChI is InChI=1S/C22H20F3N3O4S/c1-30-14-5-8-18(31-2)15(11-14)16-6-9-21(28-27-16)33-12-20(29)26-17-10-13(22(23,24)25)4-7-19(17)32-3/h4-11H,12H2,1-3H3,(H,26,29). The van der Waals surface area contributed by atoms with E-state index in [2.05, 4.69) is 15.5 Å². The molecule has 1 aromatic heterocycles. The van der Waals surface area contributed by atoms with Crippen molar-refractivity contribution < 1.29 is 32.2 Å². The highest BCUT2D eigenvalue weighted by molar-refractivity contribution is 7.99. The fraction of sp³-hybridized carbons (Fsp3) is 0.227. The molecule has 174 valence electrons. The minimum atomic E-state index is -4.54. The molecule has 1 heterocycles. The Morgan fingerprint density at radius 1 is 0.939 bits per heavy atom. The van der Waals surface area contributed by atoms with Gasteiger partial charge in [-0.3, -0.25) is 4.79 Å². The van der Waals surface area contributed by atoms with Crippen molar-refractivity contribution in [2.45, 2.75) is 11.2 Å². The summed E-state index contributed by atoms with van der Waals surface area (Å²) in [6, 6.07) is 11.6. The first-order valence-corrected chi connectivity index (χ1v) is 10.5. The molecule has 0 fully saturated rings. The zero-order valence-corrected chi connectivity index (χ0v) is 18.7. The molecular formula is C22H20F3N3O4S. The summed E-state index contributed by atoms with van der Waals surface area (Å²) in [5.41, 5.74) is 0.286. The van der Waals surface area contributed by atoms with Gasteiger partial charge >= 0.3 is 6.18 Å². The van der Waals surface area contributed by atoms with E-state index in [4.69, 9.17) is 14.2 Å². The van der Waals surface area contributed by atoms with Crippen LogP contribution in [0, 0.1) is 0 Å². The maximum absolute atomic E-state index is 13.0. The van der Waals surface area contributed by atoms with Crippen LogP contribution in [-0.4, -0.2) is 43.2 Å². The van der Waals surface area contributed by atoms with Crippen molar-refractivity contribution in [1.29, 1.82) is 0 Å². The topological polar surface area (TPSA) is 82.6 Å². The third kappa shape index (κ3) is 6.07. The van der Waals surface area contributed by atoms with E-state index in [1.807, 2.05) is 0 Å². The number of anilines is 1. The zero-order chi connectivity index (χ0) is 24.0. The van der Waals surface area contributed by atoms with Gasteiger partial charge in [0, 0.05) is 5.56 Å². The van der Waals surface area contributed by atoms with Crippen LogP contribution in [0.3, 0.4) is 0 Å². The molecule has 1 amide bonds. The van der Waals surface area contributed by atoms with E-state index in [0.717, 1.165) is 30.0 Å². The fourth-order valence-electron chi connectivity index (χ4n) is 2.86. The van der Waals surface area contributed by atoms with Gasteiger partial charge in [-0.1, -0.05) is 11.8 Å². The third-order valence-electron chi connectivity index (χ3n) is 4.47. The molecule has 1 N–H and O–H groups in total. The quantitative estimate of drug-likeness (QED) is 0.459. The van der Waals surface area contributed by atoms with Crippen LogP contribution in [0.25, 0.3) is 11.3 Å². The van der Waals surface area contributed by atoms with E-state index >= 15 is 0 Å². The lowest BCUT2D eigenvalue weighted by molar-refractivity contribution is -0.137. The first-order chi connectivity index (χ1) is 15.7. The molecule has 7 nitrogen and oxygen atoms in total. The minimum absolute atomic E-state index is 0.0653. The van der Waals surface area contributed by atoms with Crippen molar-refractivity contribution in [3.63, 3.8) is 0 Å². The number of carbonyl (C=O) groups excluding carboxylic acids is 1. The second-order valence-corrected chi connectivity index (χ2v) is 7.57. The van der Waals surface area contributed by atoms with Gasteiger partial charge in [-0.25, -0.2) is 0 Å². The first-order valence-electron chi connectivity index (χ1n) is 9.49. The summed E-state index contributed by atoms with van der Waals surface area (Å²) in [6.07, 6.45) is -4.54. The predicted molar refractivity (Wildman–Crippen MR) is 118 cm³/mol. The molecule has 0 saturated carbocycles. The zero-order valence-electron chi connectivity index (χ0n) is 17.9. The summed E-state index contributed by atoms with van der Waals surface area (Å²) in [6.45, 7) is 0. The molecular weight excluding hydrogens is 459 g/mol. The van der Waals surface area contributed by atoms with E-state index in [-0.39, 0.29) is 17.2 Å². The van der Waals surface area contributed by atoms with Crippen LogP contribution >= 0.6 is 11.8 Å². The van der Waals surface area contributed by atoms with Crippen LogP contribution in [0.4, 0.5) is 18.9 Å². The Balaban J connectivity index is 1.67. The lowest BCUT2D eigenvalue weighted by Gasteiger charge is -2.13. The summed E-state index contributed by atoms with van der Waals surface area (Å²) >= 11 is 1.09. The number of rotatable bonds is 8. The lowest BCUT2D eigenvalue weighted by Crippen LogP contribution is -2.16. The smallest absolute Gasteiger partial charge is 0.416 e. The minimum Gasteiger partial charge on any atom is -0.497 e. The Labute approximate surface area is 192 Å². The molecule has 0 radical (unpaired) electrons. The normalized spacial score (nSPS) is 11.1. The fourth-order valence-corrected chi connectivity index (χ4v) is 3.48. The number of alkyl halides is 3. The third-order valence-corrected chi connectivity index (χ3v) is 5.39. The molecule has 0 unspecified atom stereocenters. The molecule has 0 spiro atoms. The van der Waals surface area contributed by atoms with Crippen molar-refractivity contribution in [3.8, 4) is 28.5 Å². The number of carbonyl (C=O) groups is 1. The largest absolute Gasteiger partial charge is 0.497 e. The van der Waals surface area contributed by atoms with Crippen LogP contribution in [0.1, 0.15) is 5.56 Å². The number of halogens is 3. The van der Waals surface area contributed by atoms with Gasteiger partial charge in [-0.15, -0.1) is 10.2 Å². The van der Waals surface area contributed by atoms with Gasteiger partial charge in [0.1, 0.15) is 22.3 Å². The van der Waals surface area contributed by atoms with Gasteiger partial charge in [0.15, 0.2) is 0 Å². The molecule has 0 aliphatic carbocycles. The van der Waals surface area contributed by atoms with Crippen LogP contribution in [0.15, 0.2) is 53.6 Å². The van der Waals surface area contributed by atoms with E-state index in [1.54, 1.807) is 44.6 Å². The van der Waals surface area contributed by atoms with Gasteiger partial charge in [-0.2, -0.15) is 13.2 Å². The second-order valence-electron chi connectivity index (χ2n) is 6.57. The number of hydrogen-bond donors (Lipinski definition) is 1. The molecule has 0 aliphatic rings. The van der Waals surface area contributed by atoms with E-state index in [1.165, 1.54) is 7.11 Å². The number of ether oxygens (including phenoxy) is 3. The number of hydrogen-bond acceptors (Lipinski definition) is 7. The van der Waals surface area contributed by atoms with Crippen molar-refractivity contribution in [3.05, 3.63) is 54.1 Å². The number of nitrogens with one attached hydrogen (secondary N) is 1. The second kappa shape index (κ2) is 10.4. The number of benzene rings is 2. The van der Waals surface area contributed by atoms with Crippen molar-refractivity contribution in [2.24, 2.45) is 0 Å². The Morgan fingerprint density at radius 3 is 2.27 bits per heavy atom. The Morgan fingerprint density at radius 2 is 1.67 bits per heavy atom. The highest BCUT2D eigenvalue weighted by Crippen LogP contribution is 2.35. The monoisotopic (exact) mass is 479 g/mol. The predicted octanol–water partition coefficient (Wildman–Crippen LogP) is 4.92. The number of methoxy groups -OCH3 is 3. The van der Waals surface area contributed by atoms with Crippen LogP contribution in [-0.2, 0) is 11.0 Å². The summed E-state index contributed by atoms with van der Waals surface area (Å²) < 4.78 is 54.5. The van der Waals surface area contributed by atoms with Crippen LogP contribution in [0.5, 0.6) is 17.2 Å². The molecule has 33 heavy (non-hydrogen) atoms. The molecule has 0 aliphatic heterocycles. The van der Waals surface area contributed by atoms with Gasteiger partial charge in [0.05, 0.1) is 44.0 Å². The molecule has 0 saturated heterocycles. The van der Waals surface area contributed by atoms with Gasteiger partial charge in [0.25, 0.3) is 0 Å². The number of nitrogens with zero attached hydrogens (tertiary/aromatic N) is 2.